The number of benzene rings is 1. The maximum absolute atomic E-state index is 5.14. The summed E-state index contributed by atoms with van der Waals surface area (Å²) in [6, 6.07) is 11.0. The van der Waals surface area contributed by atoms with Crippen molar-refractivity contribution in [1.82, 2.24) is 10.3 Å². The third-order valence-corrected chi connectivity index (χ3v) is 4.67. The predicted molar refractivity (Wildman–Crippen MR) is 88.9 cm³/mol. The van der Waals surface area contributed by atoms with E-state index in [1.54, 1.807) is 18.4 Å². The Labute approximate surface area is 131 Å². The normalized spacial score (nSPS) is 14.0. The van der Waals surface area contributed by atoms with Crippen LogP contribution in [0.15, 0.2) is 35.7 Å². The Bertz CT molecular complexity index is 527. The lowest BCUT2D eigenvalue weighted by atomic mass is 9.94. The lowest BCUT2D eigenvalue weighted by molar-refractivity contribution is 0.194. The van der Waals surface area contributed by atoms with Crippen LogP contribution in [0.5, 0.6) is 0 Å². The van der Waals surface area contributed by atoms with Crippen LogP contribution in [-0.2, 0) is 4.74 Å². The maximum Gasteiger partial charge on any atom is 0.110 e. The highest BCUT2D eigenvalue weighted by Gasteiger charge is 2.18. The van der Waals surface area contributed by atoms with Gasteiger partial charge in [-0.15, -0.1) is 11.3 Å². The third-order valence-electron chi connectivity index (χ3n) is 3.59. The summed E-state index contributed by atoms with van der Waals surface area (Å²) in [4.78, 5) is 4.65. The molecule has 2 aromatic rings. The molecule has 2 rings (SSSR count). The minimum Gasteiger partial charge on any atom is -0.383 e. The molecule has 0 saturated carbocycles. The number of ether oxygens (including phenoxy) is 1. The van der Waals surface area contributed by atoms with E-state index in [4.69, 9.17) is 4.74 Å². The van der Waals surface area contributed by atoms with Crippen molar-refractivity contribution < 1.29 is 4.74 Å². The van der Waals surface area contributed by atoms with Gasteiger partial charge in [-0.3, -0.25) is 0 Å². The monoisotopic (exact) mass is 304 g/mol. The van der Waals surface area contributed by atoms with E-state index < -0.39 is 0 Å². The van der Waals surface area contributed by atoms with Crippen molar-refractivity contribution >= 4 is 11.3 Å². The van der Waals surface area contributed by atoms with E-state index >= 15 is 0 Å². The maximum atomic E-state index is 5.14. The minimum absolute atomic E-state index is 0.286. The van der Waals surface area contributed by atoms with Crippen molar-refractivity contribution in [3.63, 3.8) is 0 Å². The van der Waals surface area contributed by atoms with Crippen LogP contribution in [0.1, 0.15) is 41.6 Å². The number of nitrogens with one attached hydrogen (secondary N) is 1. The molecule has 0 aliphatic heterocycles. The van der Waals surface area contributed by atoms with Crippen LogP contribution in [0.25, 0.3) is 0 Å². The van der Waals surface area contributed by atoms with Gasteiger partial charge in [-0.1, -0.05) is 37.3 Å². The summed E-state index contributed by atoms with van der Waals surface area (Å²) >= 11 is 1.74. The fraction of sp³-hybridized carbons (Fsp3) is 0.471. The number of rotatable bonds is 8. The summed E-state index contributed by atoms with van der Waals surface area (Å²) in [6.07, 6.45) is 1.04. The fourth-order valence-corrected chi connectivity index (χ4v) is 3.29. The zero-order valence-electron chi connectivity index (χ0n) is 13.0. The Hall–Kier alpha value is -1.23. The molecule has 2 unspecified atom stereocenters. The number of thiazole rings is 1. The highest BCUT2D eigenvalue weighted by molar-refractivity contribution is 7.09. The summed E-state index contributed by atoms with van der Waals surface area (Å²) in [5.74, 6) is 0.496. The second-order valence-corrected chi connectivity index (χ2v) is 6.26. The molecule has 0 saturated heterocycles. The molecule has 3 nitrogen and oxygen atoms in total. The molecule has 0 bridgehead atoms. The second kappa shape index (κ2) is 8.27. The zero-order valence-corrected chi connectivity index (χ0v) is 13.8. The second-order valence-electron chi connectivity index (χ2n) is 5.37. The molecule has 0 amide bonds. The Morgan fingerprint density at radius 1 is 1.29 bits per heavy atom. The van der Waals surface area contributed by atoms with Gasteiger partial charge < -0.3 is 10.1 Å². The number of aryl methyl sites for hydroxylation is 1. The standard InChI is InChI=1S/C17H24N2OS/c1-13(15-7-5-4-6-8-15)11-16(18-9-10-20-3)17-19-14(2)12-21-17/h4-8,12-13,16,18H,9-11H2,1-3H3. The molecule has 4 heteroatoms. The average Bonchev–Trinajstić information content (AvgIpc) is 2.93. The number of nitrogens with zero attached hydrogens (tertiary/aromatic N) is 1. The molecule has 0 aliphatic carbocycles. The molecular formula is C17H24N2OS. The summed E-state index contributed by atoms with van der Waals surface area (Å²) in [7, 11) is 1.73. The first-order valence-electron chi connectivity index (χ1n) is 7.40. The predicted octanol–water partition coefficient (Wildman–Crippen LogP) is 3.92. The van der Waals surface area contributed by atoms with E-state index in [0.29, 0.717) is 5.92 Å². The first kappa shape index (κ1) is 16.1. The Kier molecular flexibility index (Phi) is 6.36. The first-order chi connectivity index (χ1) is 10.2. The van der Waals surface area contributed by atoms with Crippen molar-refractivity contribution in [2.24, 2.45) is 0 Å². The summed E-state index contributed by atoms with van der Waals surface area (Å²) in [5, 5.41) is 6.87. The average molecular weight is 304 g/mol. The van der Waals surface area contributed by atoms with E-state index in [1.165, 1.54) is 10.6 Å². The summed E-state index contributed by atoms with van der Waals surface area (Å²) in [6.45, 7) is 5.90. The number of aromatic nitrogens is 1. The molecule has 1 N–H and O–H groups in total. The Morgan fingerprint density at radius 2 is 2.05 bits per heavy atom. The van der Waals surface area contributed by atoms with E-state index in [9.17, 15) is 0 Å². The Morgan fingerprint density at radius 3 is 2.67 bits per heavy atom. The first-order valence-corrected chi connectivity index (χ1v) is 8.28. The van der Waals surface area contributed by atoms with Crippen molar-refractivity contribution in [2.75, 3.05) is 20.3 Å². The van der Waals surface area contributed by atoms with Crippen LogP contribution in [0.3, 0.4) is 0 Å². The highest BCUT2D eigenvalue weighted by atomic mass is 32.1. The van der Waals surface area contributed by atoms with E-state index in [2.05, 4.69) is 52.9 Å². The van der Waals surface area contributed by atoms with E-state index in [-0.39, 0.29) is 6.04 Å². The van der Waals surface area contributed by atoms with Gasteiger partial charge in [0.1, 0.15) is 5.01 Å². The largest absolute Gasteiger partial charge is 0.383 e. The van der Waals surface area contributed by atoms with Crippen LogP contribution in [-0.4, -0.2) is 25.2 Å². The molecule has 1 aromatic heterocycles. The molecule has 0 radical (unpaired) electrons. The van der Waals surface area contributed by atoms with Gasteiger partial charge in [0.25, 0.3) is 0 Å². The van der Waals surface area contributed by atoms with Crippen LogP contribution < -0.4 is 5.32 Å². The number of hydrogen-bond donors (Lipinski definition) is 1. The number of hydrogen-bond acceptors (Lipinski definition) is 4. The lowest BCUT2D eigenvalue weighted by Crippen LogP contribution is -2.26. The fourth-order valence-electron chi connectivity index (χ4n) is 2.41. The SMILES string of the molecule is COCCNC(CC(C)c1ccccc1)c1nc(C)cs1. The van der Waals surface area contributed by atoms with Crippen LogP contribution >= 0.6 is 11.3 Å². The van der Waals surface area contributed by atoms with Crippen molar-refractivity contribution in [3.05, 3.63) is 52.0 Å². The Balaban J connectivity index is 2.04. The van der Waals surface area contributed by atoms with Gasteiger partial charge in [0.05, 0.1) is 12.6 Å². The number of methoxy groups -OCH3 is 1. The van der Waals surface area contributed by atoms with Crippen LogP contribution in [0, 0.1) is 6.92 Å². The van der Waals surface area contributed by atoms with Gasteiger partial charge in [0.2, 0.25) is 0 Å². The minimum atomic E-state index is 0.286. The summed E-state index contributed by atoms with van der Waals surface area (Å²) in [5.41, 5.74) is 2.48. The molecule has 2 atom stereocenters. The molecular weight excluding hydrogens is 280 g/mol. The molecule has 0 spiro atoms. The van der Waals surface area contributed by atoms with Crippen LogP contribution in [0.4, 0.5) is 0 Å². The van der Waals surface area contributed by atoms with E-state index in [0.717, 1.165) is 25.3 Å². The highest BCUT2D eigenvalue weighted by Crippen LogP contribution is 2.29. The smallest absolute Gasteiger partial charge is 0.110 e. The van der Waals surface area contributed by atoms with Crippen molar-refractivity contribution in [1.29, 1.82) is 0 Å². The molecule has 21 heavy (non-hydrogen) atoms. The van der Waals surface area contributed by atoms with E-state index in [1.807, 2.05) is 6.92 Å². The van der Waals surface area contributed by atoms with Gasteiger partial charge in [0.15, 0.2) is 0 Å². The van der Waals surface area contributed by atoms with Gasteiger partial charge in [0, 0.05) is 24.7 Å². The molecule has 1 heterocycles. The van der Waals surface area contributed by atoms with Gasteiger partial charge in [-0.05, 0) is 24.8 Å². The molecule has 0 aliphatic rings. The zero-order chi connectivity index (χ0) is 15.1. The molecule has 0 fully saturated rings. The van der Waals surface area contributed by atoms with Crippen molar-refractivity contribution in [3.8, 4) is 0 Å². The van der Waals surface area contributed by atoms with Crippen molar-refractivity contribution in [2.45, 2.75) is 32.2 Å². The van der Waals surface area contributed by atoms with Gasteiger partial charge in [-0.2, -0.15) is 0 Å². The lowest BCUT2D eigenvalue weighted by Gasteiger charge is -2.21. The summed E-state index contributed by atoms with van der Waals surface area (Å²) < 4.78 is 5.14. The molecule has 114 valence electrons. The molecule has 1 aromatic carbocycles. The quantitative estimate of drug-likeness (QED) is 0.751. The van der Waals surface area contributed by atoms with Gasteiger partial charge in [-0.25, -0.2) is 4.98 Å². The van der Waals surface area contributed by atoms with Gasteiger partial charge >= 0.3 is 0 Å². The third kappa shape index (κ3) is 4.92. The van der Waals surface area contributed by atoms with Crippen LogP contribution in [0.2, 0.25) is 0 Å². The topological polar surface area (TPSA) is 34.1 Å².